The van der Waals surface area contributed by atoms with Gasteiger partial charge in [0.15, 0.2) is 17.5 Å². The zero-order valence-corrected chi connectivity index (χ0v) is 14.4. The van der Waals surface area contributed by atoms with Crippen LogP contribution in [0.25, 0.3) is 0 Å². The van der Waals surface area contributed by atoms with Gasteiger partial charge in [0.1, 0.15) is 0 Å². The summed E-state index contributed by atoms with van der Waals surface area (Å²) in [6, 6.07) is 6.47. The molecule has 5 heteroatoms. The summed E-state index contributed by atoms with van der Waals surface area (Å²) in [6.07, 6.45) is 0.894. The average Bonchev–Trinajstić information content (AvgIpc) is 2.48. The molecular formula is C17H29N3O2. The Kier molecular flexibility index (Phi) is 8.18. The highest BCUT2D eigenvalue weighted by Crippen LogP contribution is 2.28. The minimum absolute atomic E-state index is 0.362. The molecule has 22 heavy (non-hydrogen) atoms. The van der Waals surface area contributed by atoms with Gasteiger partial charge in [-0.1, -0.05) is 6.07 Å². The number of nitrogens with zero attached hydrogens (tertiary/aromatic N) is 1. The zero-order valence-electron chi connectivity index (χ0n) is 14.4. The summed E-state index contributed by atoms with van der Waals surface area (Å²) in [6.45, 7) is 10.2. The Morgan fingerprint density at radius 3 is 2.41 bits per heavy atom. The Hall–Kier alpha value is -1.91. The second-order valence-electron chi connectivity index (χ2n) is 5.20. The standard InChI is InChI=1S/C17H29N3O2/c1-6-21-15-9-8-14(12-16(15)22-7-2)10-11-19-17(18-5)20-13(3)4/h8-9,12-13H,6-7,10-11H2,1-5H3,(H2,18,19,20). The van der Waals surface area contributed by atoms with Gasteiger partial charge in [-0.2, -0.15) is 0 Å². The number of rotatable bonds is 8. The molecule has 2 N–H and O–H groups in total. The molecular weight excluding hydrogens is 278 g/mol. The average molecular weight is 307 g/mol. The van der Waals surface area contributed by atoms with E-state index < -0.39 is 0 Å². The van der Waals surface area contributed by atoms with E-state index in [1.165, 1.54) is 5.56 Å². The molecule has 0 bridgehead atoms. The third-order valence-electron chi connectivity index (χ3n) is 2.96. The molecule has 1 rings (SSSR count). The number of ether oxygens (including phenoxy) is 2. The maximum atomic E-state index is 5.65. The molecule has 0 atom stereocenters. The summed E-state index contributed by atoms with van der Waals surface area (Å²) in [7, 11) is 1.78. The SMILES string of the molecule is CCOc1ccc(CCNC(=NC)NC(C)C)cc1OCC. The predicted molar refractivity (Wildman–Crippen MR) is 92.1 cm³/mol. The first-order chi connectivity index (χ1) is 10.6. The van der Waals surface area contributed by atoms with Crippen molar-refractivity contribution >= 4 is 5.96 Å². The van der Waals surface area contributed by atoms with Crippen LogP contribution in [0.5, 0.6) is 11.5 Å². The number of guanidine groups is 1. The van der Waals surface area contributed by atoms with Gasteiger partial charge in [0.25, 0.3) is 0 Å². The van der Waals surface area contributed by atoms with Crippen molar-refractivity contribution < 1.29 is 9.47 Å². The highest BCUT2D eigenvalue weighted by atomic mass is 16.5. The summed E-state index contributed by atoms with van der Waals surface area (Å²) in [5.41, 5.74) is 1.21. The molecule has 0 saturated carbocycles. The molecule has 0 unspecified atom stereocenters. The summed E-state index contributed by atoms with van der Waals surface area (Å²) in [4.78, 5) is 4.19. The van der Waals surface area contributed by atoms with Gasteiger partial charge in [-0.25, -0.2) is 0 Å². The molecule has 0 fully saturated rings. The molecule has 124 valence electrons. The van der Waals surface area contributed by atoms with Crippen molar-refractivity contribution in [1.82, 2.24) is 10.6 Å². The largest absolute Gasteiger partial charge is 0.490 e. The summed E-state index contributed by atoms with van der Waals surface area (Å²) < 4.78 is 11.2. The van der Waals surface area contributed by atoms with Crippen LogP contribution in [-0.2, 0) is 6.42 Å². The molecule has 0 aliphatic rings. The van der Waals surface area contributed by atoms with Gasteiger partial charge in [-0.15, -0.1) is 0 Å². The zero-order chi connectivity index (χ0) is 16.4. The van der Waals surface area contributed by atoms with E-state index in [1.54, 1.807) is 7.05 Å². The van der Waals surface area contributed by atoms with Crippen molar-refractivity contribution in [3.05, 3.63) is 23.8 Å². The first-order valence-electron chi connectivity index (χ1n) is 7.96. The predicted octanol–water partition coefficient (Wildman–Crippen LogP) is 2.60. The quantitative estimate of drug-likeness (QED) is 0.572. The second-order valence-corrected chi connectivity index (χ2v) is 5.20. The van der Waals surface area contributed by atoms with Crippen molar-refractivity contribution in [2.24, 2.45) is 4.99 Å². The molecule has 0 aliphatic heterocycles. The lowest BCUT2D eigenvalue weighted by Crippen LogP contribution is -2.41. The van der Waals surface area contributed by atoms with Crippen molar-refractivity contribution in [3.63, 3.8) is 0 Å². The number of benzene rings is 1. The van der Waals surface area contributed by atoms with Crippen LogP contribution < -0.4 is 20.1 Å². The van der Waals surface area contributed by atoms with E-state index in [-0.39, 0.29) is 0 Å². The highest BCUT2D eigenvalue weighted by Gasteiger charge is 2.06. The fourth-order valence-electron chi connectivity index (χ4n) is 2.04. The van der Waals surface area contributed by atoms with Crippen LogP contribution >= 0.6 is 0 Å². The van der Waals surface area contributed by atoms with Gasteiger partial charge in [0, 0.05) is 19.6 Å². The minimum Gasteiger partial charge on any atom is -0.490 e. The molecule has 0 spiro atoms. The molecule has 0 saturated heterocycles. The molecule has 0 aliphatic carbocycles. The van der Waals surface area contributed by atoms with E-state index in [9.17, 15) is 0 Å². The summed E-state index contributed by atoms with van der Waals surface area (Å²) >= 11 is 0. The number of aliphatic imine (C=N–C) groups is 1. The normalized spacial score (nSPS) is 11.5. The molecule has 5 nitrogen and oxygen atoms in total. The first kappa shape index (κ1) is 18.1. The summed E-state index contributed by atoms with van der Waals surface area (Å²) in [5, 5.41) is 6.57. The first-order valence-corrected chi connectivity index (χ1v) is 7.96. The Morgan fingerprint density at radius 1 is 1.14 bits per heavy atom. The Bertz CT molecular complexity index is 473. The van der Waals surface area contributed by atoms with Crippen LogP contribution in [0.1, 0.15) is 33.3 Å². The third-order valence-corrected chi connectivity index (χ3v) is 2.96. The Morgan fingerprint density at radius 2 is 1.82 bits per heavy atom. The molecule has 1 aromatic carbocycles. The van der Waals surface area contributed by atoms with Crippen molar-refractivity contribution in [2.45, 2.75) is 40.2 Å². The second kappa shape index (κ2) is 9.92. The smallest absolute Gasteiger partial charge is 0.191 e. The number of hydrogen-bond acceptors (Lipinski definition) is 3. The Balaban J connectivity index is 2.60. The van der Waals surface area contributed by atoms with Gasteiger partial charge >= 0.3 is 0 Å². The minimum atomic E-state index is 0.362. The van der Waals surface area contributed by atoms with Crippen LogP contribution in [0.2, 0.25) is 0 Å². The summed E-state index contributed by atoms with van der Waals surface area (Å²) in [5.74, 6) is 2.44. The van der Waals surface area contributed by atoms with E-state index in [0.717, 1.165) is 30.4 Å². The van der Waals surface area contributed by atoms with Gasteiger partial charge < -0.3 is 20.1 Å². The van der Waals surface area contributed by atoms with Crippen LogP contribution in [0.4, 0.5) is 0 Å². The van der Waals surface area contributed by atoms with Gasteiger partial charge in [0.2, 0.25) is 0 Å². The Labute approximate surface area is 134 Å². The van der Waals surface area contributed by atoms with Gasteiger partial charge in [-0.05, 0) is 51.8 Å². The van der Waals surface area contributed by atoms with Crippen LogP contribution in [0.15, 0.2) is 23.2 Å². The number of nitrogens with one attached hydrogen (secondary N) is 2. The van der Waals surface area contributed by atoms with E-state index in [4.69, 9.17) is 9.47 Å². The molecule has 1 aromatic rings. The highest BCUT2D eigenvalue weighted by molar-refractivity contribution is 5.79. The van der Waals surface area contributed by atoms with E-state index in [2.05, 4.69) is 41.6 Å². The van der Waals surface area contributed by atoms with E-state index in [1.807, 2.05) is 19.9 Å². The van der Waals surface area contributed by atoms with Crippen LogP contribution in [0, 0.1) is 0 Å². The van der Waals surface area contributed by atoms with Gasteiger partial charge in [-0.3, -0.25) is 4.99 Å². The van der Waals surface area contributed by atoms with Gasteiger partial charge in [0.05, 0.1) is 13.2 Å². The maximum absolute atomic E-state index is 5.65. The molecule has 0 radical (unpaired) electrons. The lowest BCUT2D eigenvalue weighted by Gasteiger charge is -2.15. The van der Waals surface area contributed by atoms with Crippen LogP contribution in [0.3, 0.4) is 0 Å². The fourth-order valence-corrected chi connectivity index (χ4v) is 2.04. The van der Waals surface area contributed by atoms with Crippen molar-refractivity contribution in [2.75, 3.05) is 26.8 Å². The van der Waals surface area contributed by atoms with Crippen molar-refractivity contribution in [1.29, 1.82) is 0 Å². The molecule has 0 amide bonds. The molecule has 0 aromatic heterocycles. The topological polar surface area (TPSA) is 54.9 Å². The maximum Gasteiger partial charge on any atom is 0.191 e. The van der Waals surface area contributed by atoms with Crippen LogP contribution in [-0.4, -0.2) is 38.8 Å². The lowest BCUT2D eigenvalue weighted by molar-refractivity contribution is 0.287. The molecule has 0 heterocycles. The van der Waals surface area contributed by atoms with Crippen molar-refractivity contribution in [3.8, 4) is 11.5 Å². The monoisotopic (exact) mass is 307 g/mol. The fraction of sp³-hybridized carbons (Fsp3) is 0.588. The lowest BCUT2D eigenvalue weighted by atomic mass is 10.1. The van der Waals surface area contributed by atoms with E-state index in [0.29, 0.717) is 19.3 Å². The number of hydrogen-bond donors (Lipinski definition) is 2. The van der Waals surface area contributed by atoms with E-state index >= 15 is 0 Å². The third kappa shape index (κ3) is 6.24.